The Balaban J connectivity index is 1.85. The Hall–Kier alpha value is -3.52. The molecule has 0 saturated heterocycles. The molecule has 2 heterocycles. The van der Waals surface area contributed by atoms with Crippen molar-refractivity contribution in [1.29, 1.82) is 0 Å². The Morgan fingerprint density at radius 1 is 0.969 bits per heavy atom. The first-order chi connectivity index (χ1) is 15.3. The van der Waals surface area contributed by atoms with Crippen LogP contribution in [-0.2, 0) is 20.8 Å². The van der Waals surface area contributed by atoms with Crippen LogP contribution in [0.5, 0.6) is 0 Å². The molecule has 0 spiro atoms. The van der Waals surface area contributed by atoms with Gasteiger partial charge in [-0.15, -0.1) is 0 Å². The molecule has 0 aliphatic heterocycles. The topological polar surface area (TPSA) is 108 Å². The number of para-hydroxylation sites is 1. The number of nitrogens with one attached hydrogen (secondary N) is 1. The Morgan fingerprint density at radius 2 is 1.66 bits per heavy atom. The van der Waals surface area contributed by atoms with E-state index < -0.39 is 24.3 Å². The van der Waals surface area contributed by atoms with E-state index in [1.54, 1.807) is 20.8 Å². The Kier molecular flexibility index (Phi) is 7.05. The number of methoxy groups -OCH3 is 1. The number of ether oxygens (including phenoxy) is 3. The van der Waals surface area contributed by atoms with Crippen molar-refractivity contribution in [2.45, 2.75) is 34.3 Å². The largest absolute Gasteiger partial charge is 0.462 e. The Morgan fingerprint density at radius 3 is 2.34 bits per heavy atom. The third kappa shape index (κ3) is 4.40. The molecule has 1 aromatic carbocycles. The number of ketones is 1. The van der Waals surface area contributed by atoms with Crippen molar-refractivity contribution in [3.63, 3.8) is 0 Å². The van der Waals surface area contributed by atoms with E-state index in [-0.39, 0.29) is 24.5 Å². The highest BCUT2D eigenvalue weighted by molar-refractivity contribution is 6.04. The number of pyridine rings is 1. The molecule has 3 aromatic rings. The predicted molar refractivity (Wildman–Crippen MR) is 118 cm³/mol. The van der Waals surface area contributed by atoms with E-state index in [1.165, 1.54) is 7.11 Å². The summed E-state index contributed by atoms with van der Waals surface area (Å²) in [6.07, 6.45) is 0. The van der Waals surface area contributed by atoms with Gasteiger partial charge in [0.05, 0.1) is 41.2 Å². The molecule has 0 aliphatic rings. The molecule has 8 heteroatoms. The number of aromatic amines is 1. The summed E-state index contributed by atoms with van der Waals surface area (Å²) in [6, 6.07) is 7.46. The summed E-state index contributed by atoms with van der Waals surface area (Å²) in [5, 5.41) is 0.820. The number of rotatable bonds is 8. The van der Waals surface area contributed by atoms with Gasteiger partial charge in [-0.3, -0.25) is 4.79 Å². The van der Waals surface area contributed by atoms with Gasteiger partial charge in [0.1, 0.15) is 0 Å². The molecule has 32 heavy (non-hydrogen) atoms. The van der Waals surface area contributed by atoms with Crippen molar-refractivity contribution >= 4 is 28.6 Å². The van der Waals surface area contributed by atoms with Crippen molar-refractivity contribution in [3.05, 3.63) is 63.6 Å². The lowest BCUT2D eigenvalue weighted by atomic mass is 10.0. The minimum Gasteiger partial charge on any atom is -0.462 e. The van der Waals surface area contributed by atoms with Gasteiger partial charge < -0.3 is 19.2 Å². The summed E-state index contributed by atoms with van der Waals surface area (Å²) >= 11 is 0. The number of hydrogen-bond donors (Lipinski definition) is 1. The summed E-state index contributed by atoms with van der Waals surface area (Å²) in [5.74, 6) is -1.61. The number of benzene rings is 1. The van der Waals surface area contributed by atoms with Crippen LogP contribution in [0.4, 0.5) is 0 Å². The minimum absolute atomic E-state index is 0.127. The van der Waals surface area contributed by atoms with Gasteiger partial charge in [0, 0.05) is 18.2 Å². The smallest absolute Gasteiger partial charge is 0.340 e. The fourth-order valence-electron chi connectivity index (χ4n) is 3.77. The summed E-state index contributed by atoms with van der Waals surface area (Å²) < 4.78 is 15.6. The van der Waals surface area contributed by atoms with Crippen molar-refractivity contribution in [2.24, 2.45) is 0 Å². The molecule has 0 bridgehead atoms. The maximum absolute atomic E-state index is 12.9. The zero-order valence-electron chi connectivity index (χ0n) is 18.8. The number of H-pyrrole nitrogens is 1. The molecule has 1 N–H and O–H groups in total. The van der Waals surface area contributed by atoms with E-state index >= 15 is 0 Å². The number of aryl methyl sites for hydroxylation is 2. The van der Waals surface area contributed by atoms with Crippen LogP contribution in [0.2, 0.25) is 0 Å². The first-order valence-electron chi connectivity index (χ1n) is 10.2. The number of esters is 2. The van der Waals surface area contributed by atoms with Gasteiger partial charge in [-0.2, -0.15) is 0 Å². The molecule has 0 atom stereocenters. The normalized spacial score (nSPS) is 10.9. The van der Waals surface area contributed by atoms with Crippen LogP contribution in [0.25, 0.3) is 10.9 Å². The third-order valence-electron chi connectivity index (χ3n) is 5.24. The molecule has 0 aliphatic carbocycles. The quantitative estimate of drug-likeness (QED) is 0.420. The maximum Gasteiger partial charge on any atom is 0.340 e. The minimum atomic E-state index is -0.660. The molecule has 3 rings (SSSR count). The molecule has 8 nitrogen and oxygen atoms in total. The van der Waals surface area contributed by atoms with Crippen molar-refractivity contribution in [3.8, 4) is 0 Å². The first kappa shape index (κ1) is 23.1. The molecule has 168 valence electrons. The average molecular weight is 438 g/mol. The van der Waals surface area contributed by atoms with E-state index in [4.69, 9.17) is 14.2 Å². The molecule has 0 saturated carbocycles. The second-order valence-corrected chi connectivity index (χ2v) is 7.35. The van der Waals surface area contributed by atoms with Crippen LogP contribution in [0, 0.1) is 20.8 Å². The predicted octanol–water partition coefficient (Wildman–Crippen LogP) is 3.85. The van der Waals surface area contributed by atoms with Gasteiger partial charge in [0.15, 0.2) is 6.61 Å². The highest BCUT2D eigenvalue weighted by Gasteiger charge is 2.25. The van der Waals surface area contributed by atoms with Crippen LogP contribution in [-0.4, -0.2) is 48.0 Å². The van der Waals surface area contributed by atoms with Crippen LogP contribution < -0.4 is 0 Å². The highest BCUT2D eigenvalue weighted by Crippen LogP contribution is 2.25. The number of hydrogen-bond acceptors (Lipinski definition) is 7. The second kappa shape index (κ2) is 9.74. The van der Waals surface area contributed by atoms with Gasteiger partial charge in [-0.25, -0.2) is 14.6 Å². The zero-order chi connectivity index (χ0) is 23.4. The second-order valence-electron chi connectivity index (χ2n) is 7.35. The van der Waals surface area contributed by atoms with Gasteiger partial charge in [-0.05, 0) is 44.9 Å². The fourth-order valence-corrected chi connectivity index (χ4v) is 3.77. The summed E-state index contributed by atoms with van der Waals surface area (Å²) in [4.78, 5) is 45.3. The number of carbonyl (C=O) groups is 3. The molecular formula is C24H26N2O6. The number of aromatic nitrogens is 2. The zero-order valence-corrected chi connectivity index (χ0v) is 18.8. The average Bonchev–Trinajstić information content (AvgIpc) is 3.06. The molecule has 0 unspecified atom stereocenters. The summed E-state index contributed by atoms with van der Waals surface area (Å²) in [6.45, 7) is 6.73. The maximum atomic E-state index is 12.9. The van der Waals surface area contributed by atoms with Gasteiger partial charge in [0.25, 0.3) is 0 Å². The molecular weight excluding hydrogens is 412 g/mol. The lowest BCUT2D eigenvalue weighted by Crippen LogP contribution is -2.18. The number of Topliss-reactive ketones (excluding diaryl/α,β-unsaturated/α-hetero) is 1. The molecule has 2 aromatic heterocycles. The monoisotopic (exact) mass is 438 g/mol. The highest BCUT2D eigenvalue weighted by atomic mass is 16.5. The van der Waals surface area contributed by atoms with Crippen LogP contribution in [0.3, 0.4) is 0 Å². The van der Waals surface area contributed by atoms with Crippen molar-refractivity contribution in [1.82, 2.24) is 9.97 Å². The molecule has 0 radical (unpaired) electrons. The number of carbonyl (C=O) groups excluding carboxylic acids is 3. The van der Waals surface area contributed by atoms with Gasteiger partial charge >= 0.3 is 11.9 Å². The van der Waals surface area contributed by atoms with Crippen LogP contribution in [0.1, 0.15) is 60.6 Å². The van der Waals surface area contributed by atoms with Crippen LogP contribution >= 0.6 is 0 Å². The Bertz CT molecular complexity index is 1190. The van der Waals surface area contributed by atoms with Gasteiger partial charge in [0.2, 0.25) is 5.78 Å². The van der Waals surface area contributed by atoms with Gasteiger partial charge in [-0.1, -0.05) is 18.2 Å². The lowest BCUT2D eigenvalue weighted by molar-refractivity contribution is 0.0467. The molecule has 0 amide bonds. The van der Waals surface area contributed by atoms with E-state index in [0.717, 1.165) is 10.9 Å². The van der Waals surface area contributed by atoms with E-state index in [0.29, 0.717) is 28.1 Å². The van der Waals surface area contributed by atoms with Crippen molar-refractivity contribution < 1.29 is 28.6 Å². The summed E-state index contributed by atoms with van der Waals surface area (Å²) in [7, 11) is 1.52. The SMILES string of the molecule is CCOC(=O)c1c(C)[nH]c(C(=O)COC(=O)c2c(COC)nc3ccccc3c2C)c1C. The van der Waals surface area contributed by atoms with E-state index in [2.05, 4.69) is 9.97 Å². The number of nitrogens with zero attached hydrogens (tertiary/aromatic N) is 1. The number of fused-ring (bicyclic) bond motifs is 1. The standard InChI is InChI=1S/C24H26N2O6/c1-6-31-23(28)20-14(3)22(25-15(20)4)19(27)12-32-24(29)21-13(2)16-9-7-8-10-17(16)26-18(21)11-30-5/h7-10,25H,6,11-12H2,1-5H3. The molecule has 0 fully saturated rings. The Labute approximate surface area is 185 Å². The first-order valence-corrected chi connectivity index (χ1v) is 10.2. The summed E-state index contributed by atoms with van der Waals surface area (Å²) in [5.41, 5.74) is 3.69. The van der Waals surface area contributed by atoms with E-state index in [1.807, 2.05) is 31.2 Å². The van der Waals surface area contributed by atoms with E-state index in [9.17, 15) is 14.4 Å². The third-order valence-corrected chi connectivity index (χ3v) is 5.24. The van der Waals surface area contributed by atoms with Crippen LogP contribution in [0.15, 0.2) is 24.3 Å². The van der Waals surface area contributed by atoms with Crippen molar-refractivity contribution in [2.75, 3.05) is 20.3 Å². The fraction of sp³-hybridized carbons (Fsp3) is 0.333. The lowest BCUT2D eigenvalue weighted by Gasteiger charge is -2.13.